The van der Waals surface area contributed by atoms with Gasteiger partial charge >= 0.3 is 12.1 Å². The highest BCUT2D eigenvalue weighted by Gasteiger charge is 2.38. The number of carboxylic acid groups (broad SMARTS) is 1. The van der Waals surface area contributed by atoms with Crippen LogP contribution in [0.5, 0.6) is 0 Å². The fraction of sp³-hybridized carbons (Fsp3) is 0.318. The molecule has 13 heteroatoms. The van der Waals surface area contributed by atoms with E-state index in [1.54, 1.807) is 29.6 Å². The average Bonchev–Trinajstić information content (AvgIpc) is 3.28. The van der Waals surface area contributed by atoms with E-state index in [0.29, 0.717) is 34.4 Å². The van der Waals surface area contributed by atoms with Gasteiger partial charge in [0.15, 0.2) is 0 Å². The summed E-state index contributed by atoms with van der Waals surface area (Å²) >= 11 is 1.40. The van der Waals surface area contributed by atoms with E-state index in [0.717, 1.165) is 30.2 Å². The van der Waals surface area contributed by atoms with Crippen molar-refractivity contribution in [3.8, 4) is 6.07 Å². The molecule has 6 rings (SSSR count). The second kappa shape index (κ2) is 9.85. The highest BCUT2D eigenvalue weighted by Crippen LogP contribution is 2.30. The largest absolute Gasteiger partial charge is 0.490 e. The zero-order valence-electron chi connectivity index (χ0n) is 18.0. The second-order valence-corrected chi connectivity index (χ2v) is 8.79. The molecule has 3 aliphatic heterocycles. The third kappa shape index (κ3) is 5.33. The Kier molecular flexibility index (Phi) is 6.86. The number of hydrogen-bond acceptors (Lipinski definition) is 8. The van der Waals surface area contributed by atoms with Crippen molar-refractivity contribution in [2.75, 3.05) is 23.3 Å². The number of halogens is 3. The second-order valence-electron chi connectivity index (χ2n) is 7.93. The number of nitrogens with zero attached hydrogens (tertiary/aromatic N) is 4. The normalized spacial score (nSPS) is 19.0. The lowest BCUT2D eigenvalue weighted by Gasteiger charge is -2.46. The number of amides is 1. The summed E-state index contributed by atoms with van der Waals surface area (Å²) in [5, 5.41) is 24.5. The number of anilines is 2. The predicted molar refractivity (Wildman–Crippen MR) is 122 cm³/mol. The molecule has 0 saturated carbocycles. The summed E-state index contributed by atoms with van der Waals surface area (Å²) in [7, 11) is 0. The molecular formula is C22H19F3N6O3S. The molecule has 3 aliphatic rings. The molecule has 3 fully saturated rings. The third-order valence-corrected chi connectivity index (χ3v) is 6.57. The number of carbonyl (C=O) groups excluding carboxylic acids is 1. The first-order valence-corrected chi connectivity index (χ1v) is 11.4. The van der Waals surface area contributed by atoms with Crippen molar-refractivity contribution >= 4 is 45.1 Å². The lowest BCUT2D eigenvalue weighted by molar-refractivity contribution is -0.192. The van der Waals surface area contributed by atoms with Crippen LogP contribution in [0.25, 0.3) is 10.3 Å². The number of aromatic nitrogens is 2. The molecule has 9 nitrogen and oxygen atoms in total. The standard InChI is InChI=1S/C20H18N6OS.C2HF3O2/c21-7-12-3-1-2-4-16(12)24-19(27)15-11-28-20-18(15)25-17(9-23-20)26-10-13-5-6-14(26)8-22-13;3-2(4,5)1(6)7/h1-4,9,11,13-14,22H,5-6,8,10H2,(H,24,27);(H,6,7)/t13-,14-;/m1./s1. The number of rotatable bonds is 3. The Bertz CT molecular complexity index is 1300. The molecular weight excluding hydrogens is 485 g/mol. The van der Waals surface area contributed by atoms with Gasteiger partial charge in [-0.3, -0.25) is 4.79 Å². The van der Waals surface area contributed by atoms with Crippen LogP contribution in [0.2, 0.25) is 0 Å². The molecule has 1 amide bonds. The molecule has 2 bridgehead atoms. The van der Waals surface area contributed by atoms with Crippen LogP contribution in [0.4, 0.5) is 24.7 Å². The van der Waals surface area contributed by atoms with Crippen molar-refractivity contribution in [2.24, 2.45) is 0 Å². The first-order valence-electron chi connectivity index (χ1n) is 10.5. The number of nitriles is 1. The van der Waals surface area contributed by atoms with Crippen LogP contribution in [0.1, 0.15) is 28.8 Å². The maximum atomic E-state index is 12.9. The number of alkyl halides is 3. The average molecular weight is 504 g/mol. The maximum absolute atomic E-state index is 12.9. The molecule has 182 valence electrons. The van der Waals surface area contributed by atoms with Gasteiger partial charge in [-0.15, -0.1) is 11.3 Å². The van der Waals surface area contributed by atoms with Gasteiger partial charge in [-0.1, -0.05) is 12.1 Å². The minimum absolute atomic E-state index is 0.276. The number of carboxylic acids is 1. The molecule has 35 heavy (non-hydrogen) atoms. The van der Waals surface area contributed by atoms with Crippen LogP contribution in [0, 0.1) is 11.3 Å². The summed E-state index contributed by atoms with van der Waals surface area (Å²) < 4.78 is 31.7. The Labute approximate surface area is 201 Å². The summed E-state index contributed by atoms with van der Waals surface area (Å²) in [6, 6.07) is 9.98. The first-order chi connectivity index (χ1) is 16.7. The maximum Gasteiger partial charge on any atom is 0.490 e. The van der Waals surface area contributed by atoms with Gasteiger partial charge < -0.3 is 20.6 Å². The van der Waals surface area contributed by atoms with Gasteiger partial charge in [0.2, 0.25) is 0 Å². The number of benzene rings is 1. The minimum atomic E-state index is -5.08. The number of piperazine rings is 1. The fourth-order valence-corrected chi connectivity index (χ4v) is 4.80. The number of hydrogen-bond donors (Lipinski definition) is 3. The van der Waals surface area contributed by atoms with Crippen molar-refractivity contribution in [1.82, 2.24) is 15.3 Å². The van der Waals surface area contributed by atoms with Crippen LogP contribution >= 0.6 is 11.3 Å². The third-order valence-electron chi connectivity index (χ3n) is 5.70. The molecule has 3 aromatic rings. The Morgan fingerprint density at radius 3 is 2.63 bits per heavy atom. The molecule has 5 heterocycles. The number of para-hydroxylation sites is 1. The summed E-state index contributed by atoms with van der Waals surface area (Å²) in [5.41, 5.74) is 2.03. The summed E-state index contributed by atoms with van der Waals surface area (Å²) in [4.78, 5) is 34.2. The van der Waals surface area contributed by atoms with E-state index < -0.39 is 12.1 Å². The van der Waals surface area contributed by atoms with Crippen molar-refractivity contribution in [2.45, 2.75) is 31.1 Å². The Hall–Kier alpha value is -3.76. The van der Waals surface area contributed by atoms with Gasteiger partial charge in [-0.2, -0.15) is 18.4 Å². The van der Waals surface area contributed by atoms with E-state index in [9.17, 15) is 23.2 Å². The molecule has 0 aliphatic carbocycles. The molecule has 0 unspecified atom stereocenters. The number of piperidine rings is 2. The minimum Gasteiger partial charge on any atom is -0.475 e. The predicted octanol–water partition coefficient (Wildman–Crippen LogP) is 3.39. The smallest absolute Gasteiger partial charge is 0.475 e. The highest BCUT2D eigenvalue weighted by atomic mass is 32.1. The van der Waals surface area contributed by atoms with E-state index in [2.05, 4.69) is 26.6 Å². The number of aliphatic carboxylic acids is 1. The lowest BCUT2D eigenvalue weighted by Crippen LogP contribution is -2.61. The van der Waals surface area contributed by atoms with Gasteiger partial charge in [-0.05, 0) is 25.0 Å². The van der Waals surface area contributed by atoms with Crippen LogP contribution in [-0.2, 0) is 4.79 Å². The molecule has 2 aromatic heterocycles. The molecule has 0 spiro atoms. The van der Waals surface area contributed by atoms with E-state index in [1.807, 2.05) is 6.20 Å². The monoisotopic (exact) mass is 504 g/mol. The van der Waals surface area contributed by atoms with Crippen LogP contribution in [0.15, 0.2) is 35.8 Å². The van der Waals surface area contributed by atoms with Gasteiger partial charge in [0.1, 0.15) is 22.2 Å². The first kappa shape index (κ1) is 24.4. The van der Waals surface area contributed by atoms with Gasteiger partial charge in [-0.25, -0.2) is 14.8 Å². The number of nitrogens with one attached hydrogen (secondary N) is 2. The lowest BCUT2D eigenvalue weighted by atomic mass is 9.93. The van der Waals surface area contributed by atoms with Crippen molar-refractivity contribution in [1.29, 1.82) is 5.26 Å². The number of fused-ring (bicyclic) bond motifs is 4. The molecule has 2 atom stereocenters. The Balaban J connectivity index is 0.000000364. The topological polar surface area (TPSA) is 131 Å². The fourth-order valence-electron chi connectivity index (χ4n) is 3.97. The van der Waals surface area contributed by atoms with E-state index >= 15 is 0 Å². The van der Waals surface area contributed by atoms with Crippen LogP contribution in [-0.4, -0.2) is 58.3 Å². The van der Waals surface area contributed by atoms with E-state index in [4.69, 9.17) is 14.9 Å². The SMILES string of the molecule is N#Cc1ccccc1NC(=O)c1csc2ncc(N3C[C@H]4CC[C@@H]3CN4)nc12.O=C(O)C(F)(F)F. The Morgan fingerprint density at radius 1 is 1.29 bits per heavy atom. The quantitative estimate of drug-likeness (QED) is 0.495. The zero-order valence-corrected chi connectivity index (χ0v) is 18.9. The van der Waals surface area contributed by atoms with E-state index in [1.165, 1.54) is 17.8 Å². The van der Waals surface area contributed by atoms with Crippen molar-refractivity contribution in [3.05, 3.63) is 47.0 Å². The van der Waals surface area contributed by atoms with Crippen LogP contribution < -0.4 is 15.5 Å². The summed E-state index contributed by atoms with van der Waals surface area (Å²) in [5.74, 6) is -2.21. The zero-order chi connectivity index (χ0) is 25.2. The highest BCUT2D eigenvalue weighted by molar-refractivity contribution is 7.17. The number of carbonyl (C=O) groups is 2. The summed E-state index contributed by atoms with van der Waals surface area (Å²) in [6.07, 6.45) is -0.924. The van der Waals surface area contributed by atoms with Crippen LogP contribution in [0.3, 0.4) is 0 Å². The number of thiophene rings is 1. The van der Waals surface area contributed by atoms with Crippen molar-refractivity contribution in [3.63, 3.8) is 0 Å². The van der Waals surface area contributed by atoms with E-state index in [-0.39, 0.29) is 5.91 Å². The van der Waals surface area contributed by atoms with Gasteiger partial charge in [0, 0.05) is 30.6 Å². The molecule has 3 N–H and O–H groups in total. The Morgan fingerprint density at radius 2 is 2.03 bits per heavy atom. The van der Waals surface area contributed by atoms with Crippen molar-refractivity contribution < 1.29 is 27.9 Å². The van der Waals surface area contributed by atoms with Gasteiger partial charge in [0.05, 0.1) is 23.0 Å². The molecule has 1 aromatic carbocycles. The molecule has 0 radical (unpaired) electrons. The molecule has 3 saturated heterocycles. The van der Waals surface area contributed by atoms with Gasteiger partial charge in [0.25, 0.3) is 5.91 Å². The summed E-state index contributed by atoms with van der Waals surface area (Å²) in [6.45, 7) is 1.89.